The molecule has 1 aliphatic rings. The van der Waals surface area contributed by atoms with Crippen LogP contribution in [0.15, 0.2) is 17.5 Å². The van der Waals surface area contributed by atoms with Crippen molar-refractivity contribution in [1.29, 1.82) is 0 Å². The topological polar surface area (TPSA) is 67.4 Å². The number of halogens is 3. The molecule has 0 radical (unpaired) electrons. The third-order valence-electron chi connectivity index (χ3n) is 4.27. The lowest BCUT2D eigenvalue weighted by Gasteiger charge is -2.27. The van der Waals surface area contributed by atoms with Crippen LogP contribution in [0.5, 0.6) is 0 Å². The van der Waals surface area contributed by atoms with Gasteiger partial charge in [-0.25, -0.2) is 4.79 Å². The minimum Gasteiger partial charge on any atom is -0.462 e. The number of ether oxygens (including phenoxy) is 1. The van der Waals surface area contributed by atoms with E-state index < -0.39 is 15.9 Å². The van der Waals surface area contributed by atoms with Crippen LogP contribution in [0.2, 0.25) is 0 Å². The van der Waals surface area contributed by atoms with E-state index in [1.165, 1.54) is 22.7 Å². The average molecular weight is 482 g/mol. The van der Waals surface area contributed by atoms with E-state index in [2.05, 4.69) is 10.6 Å². The van der Waals surface area contributed by atoms with Crippen molar-refractivity contribution in [2.45, 2.75) is 42.6 Å². The summed E-state index contributed by atoms with van der Waals surface area (Å²) in [5.74, 6) is -0.769. The molecule has 10 heteroatoms. The van der Waals surface area contributed by atoms with Gasteiger partial charge >= 0.3 is 5.97 Å². The Kier molecular flexibility index (Phi) is 7.15. The number of fused-ring (bicyclic) bond motifs is 1. The normalized spacial score (nSPS) is 14.9. The number of carbonyl (C=O) groups excluding carboxylic acids is 2. The molecule has 0 fully saturated rings. The van der Waals surface area contributed by atoms with Crippen LogP contribution in [0.3, 0.4) is 0 Å². The van der Waals surface area contributed by atoms with Crippen LogP contribution in [0.25, 0.3) is 0 Å². The third-order valence-corrected chi connectivity index (χ3v) is 7.02. The first-order valence-electron chi connectivity index (χ1n) is 8.80. The summed E-state index contributed by atoms with van der Waals surface area (Å²) in [4.78, 5) is 26.7. The number of rotatable bonds is 6. The largest absolute Gasteiger partial charge is 0.462 e. The number of thiophene rings is 2. The maximum atomic E-state index is 12.6. The van der Waals surface area contributed by atoms with Crippen molar-refractivity contribution in [3.05, 3.63) is 38.4 Å². The molecule has 5 nitrogen and oxygen atoms in total. The number of hydrogen-bond acceptors (Lipinski definition) is 6. The van der Waals surface area contributed by atoms with E-state index >= 15 is 0 Å². The number of nitrogens with one attached hydrogen (secondary N) is 2. The number of carbonyl (C=O) groups is 2. The summed E-state index contributed by atoms with van der Waals surface area (Å²) in [5, 5.41) is 8.12. The Morgan fingerprint density at radius 1 is 1.29 bits per heavy atom. The highest BCUT2D eigenvalue weighted by atomic mass is 35.6. The molecule has 28 heavy (non-hydrogen) atoms. The molecule has 3 rings (SSSR count). The summed E-state index contributed by atoms with van der Waals surface area (Å²) >= 11 is 21.1. The molecule has 0 aromatic carbocycles. The zero-order valence-corrected chi connectivity index (χ0v) is 18.9. The molecule has 0 saturated carbocycles. The van der Waals surface area contributed by atoms with E-state index in [0.29, 0.717) is 15.4 Å². The fourth-order valence-electron chi connectivity index (χ4n) is 3.03. The van der Waals surface area contributed by atoms with E-state index in [1.807, 2.05) is 0 Å². The fraction of sp³-hybridized carbons (Fsp3) is 0.444. The van der Waals surface area contributed by atoms with Crippen LogP contribution in [0.4, 0.5) is 5.00 Å². The van der Waals surface area contributed by atoms with Crippen molar-refractivity contribution in [1.82, 2.24) is 5.32 Å². The molecule has 0 unspecified atom stereocenters. The highest BCUT2D eigenvalue weighted by Crippen LogP contribution is 2.41. The average Bonchev–Trinajstić information content (AvgIpc) is 3.28. The van der Waals surface area contributed by atoms with Gasteiger partial charge in [-0.05, 0) is 49.6 Å². The lowest BCUT2D eigenvalue weighted by molar-refractivity contribution is 0.0526. The standard InChI is InChI=1S/C18H19Cl3N2O3S2/c1-2-26-16(25)13-10-6-3-4-7-11(10)28-15(13)23-17(18(19,20)21)22-14(24)12-8-5-9-27-12/h5,8-9,17,23H,2-4,6-7H2,1H3,(H,22,24)/t17-/m1/s1. The van der Waals surface area contributed by atoms with Gasteiger partial charge in [0.2, 0.25) is 3.79 Å². The van der Waals surface area contributed by atoms with Crippen LogP contribution in [0.1, 0.15) is 50.2 Å². The number of amides is 1. The van der Waals surface area contributed by atoms with Crippen molar-refractivity contribution >= 4 is 74.4 Å². The Labute approximate surface area is 186 Å². The van der Waals surface area contributed by atoms with Gasteiger partial charge in [-0.2, -0.15) is 0 Å². The van der Waals surface area contributed by atoms with Crippen molar-refractivity contribution in [2.75, 3.05) is 11.9 Å². The van der Waals surface area contributed by atoms with E-state index in [1.54, 1.807) is 24.4 Å². The van der Waals surface area contributed by atoms with Crippen molar-refractivity contribution in [3.8, 4) is 0 Å². The summed E-state index contributed by atoms with van der Waals surface area (Å²) in [7, 11) is 0. The molecule has 1 atom stereocenters. The first-order valence-corrected chi connectivity index (χ1v) is 11.6. The molecule has 152 valence electrons. The quantitative estimate of drug-likeness (QED) is 0.329. The Bertz CT molecular complexity index is 847. The Balaban J connectivity index is 1.91. The van der Waals surface area contributed by atoms with Crippen LogP contribution in [-0.4, -0.2) is 28.4 Å². The lowest BCUT2D eigenvalue weighted by Crippen LogP contribution is -2.49. The molecular weight excluding hydrogens is 463 g/mol. The number of hydrogen-bond donors (Lipinski definition) is 2. The smallest absolute Gasteiger partial charge is 0.341 e. The molecule has 1 amide bonds. The van der Waals surface area contributed by atoms with E-state index in [-0.39, 0.29) is 12.5 Å². The highest BCUT2D eigenvalue weighted by molar-refractivity contribution is 7.16. The Morgan fingerprint density at radius 3 is 2.68 bits per heavy atom. The van der Waals surface area contributed by atoms with E-state index in [9.17, 15) is 9.59 Å². The molecule has 2 N–H and O–H groups in total. The summed E-state index contributed by atoms with van der Waals surface area (Å²) in [6.07, 6.45) is 2.76. The zero-order chi connectivity index (χ0) is 20.3. The summed E-state index contributed by atoms with van der Waals surface area (Å²) in [6.45, 7) is 2.03. The minimum atomic E-state index is -1.83. The van der Waals surface area contributed by atoms with Gasteiger partial charge in [0.25, 0.3) is 5.91 Å². The second kappa shape index (κ2) is 9.22. The number of anilines is 1. The van der Waals surface area contributed by atoms with Gasteiger partial charge in [-0.3, -0.25) is 4.79 Å². The predicted octanol–water partition coefficient (Wildman–Crippen LogP) is 5.40. The molecule has 2 heterocycles. The number of aryl methyl sites for hydroxylation is 1. The second-order valence-corrected chi connectivity index (χ2v) is 10.6. The molecular formula is C18H19Cl3N2O3S2. The third kappa shape index (κ3) is 4.94. The van der Waals surface area contributed by atoms with Crippen LogP contribution < -0.4 is 10.6 Å². The fourth-order valence-corrected chi connectivity index (χ4v) is 5.29. The van der Waals surface area contributed by atoms with Crippen molar-refractivity contribution in [3.63, 3.8) is 0 Å². The Hall–Kier alpha value is -0.990. The van der Waals surface area contributed by atoms with Gasteiger partial charge < -0.3 is 15.4 Å². The van der Waals surface area contributed by atoms with Gasteiger partial charge in [0, 0.05) is 4.88 Å². The first kappa shape index (κ1) is 21.7. The predicted molar refractivity (Wildman–Crippen MR) is 116 cm³/mol. The second-order valence-electron chi connectivity index (χ2n) is 6.21. The SMILES string of the molecule is CCOC(=O)c1c(N[C@@H](NC(=O)c2cccs2)C(Cl)(Cl)Cl)sc2c1CCCC2. The summed E-state index contributed by atoms with van der Waals surface area (Å²) in [6, 6.07) is 3.45. The van der Waals surface area contributed by atoms with Gasteiger partial charge in [0.15, 0.2) is 0 Å². The molecule has 1 aliphatic carbocycles. The molecule has 2 aromatic rings. The van der Waals surface area contributed by atoms with Gasteiger partial charge in [0.1, 0.15) is 11.2 Å². The van der Waals surface area contributed by atoms with E-state index in [4.69, 9.17) is 39.5 Å². The van der Waals surface area contributed by atoms with Crippen LogP contribution in [0, 0.1) is 0 Å². The molecule has 0 bridgehead atoms. The number of esters is 1. The van der Waals surface area contributed by atoms with Gasteiger partial charge in [-0.15, -0.1) is 22.7 Å². The van der Waals surface area contributed by atoms with E-state index in [0.717, 1.165) is 36.1 Å². The maximum Gasteiger partial charge on any atom is 0.341 e. The molecule has 0 saturated heterocycles. The molecule has 0 spiro atoms. The van der Waals surface area contributed by atoms with Crippen LogP contribution >= 0.6 is 57.5 Å². The number of alkyl halides is 3. The zero-order valence-electron chi connectivity index (χ0n) is 15.0. The van der Waals surface area contributed by atoms with Crippen molar-refractivity contribution in [2.24, 2.45) is 0 Å². The monoisotopic (exact) mass is 480 g/mol. The van der Waals surface area contributed by atoms with Crippen LogP contribution in [-0.2, 0) is 17.6 Å². The summed E-state index contributed by atoms with van der Waals surface area (Å²) in [5.41, 5.74) is 1.47. The first-order chi connectivity index (χ1) is 13.3. The lowest BCUT2D eigenvalue weighted by atomic mass is 9.95. The molecule has 0 aliphatic heterocycles. The summed E-state index contributed by atoms with van der Waals surface area (Å²) < 4.78 is 3.41. The van der Waals surface area contributed by atoms with Crippen molar-refractivity contribution < 1.29 is 14.3 Å². The Morgan fingerprint density at radius 2 is 2.04 bits per heavy atom. The molecule has 2 aromatic heterocycles. The highest BCUT2D eigenvalue weighted by Gasteiger charge is 2.37. The van der Waals surface area contributed by atoms with Gasteiger partial charge in [-0.1, -0.05) is 40.9 Å². The van der Waals surface area contributed by atoms with Gasteiger partial charge in [0.05, 0.1) is 17.0 Å². The minimum absolute atomic E-state index is 0.270. The maximum absolute atomic E-state index is 12.6.